The van der Waals surface area contributed by atoms with Crippen molar-refractivity contribution >= 4 is 34.4 Å². The summed E-state index contributed by atoms with van der Waals surface area (Å²) in [6.45, 7) is 5.21. The van der Waals surface area contributed by atoms with Gasteiger partial charge in [-0.05, 0) is 62.2 Å². The van der Waals surface area contributed by atoms with Gasteiger partial charge < -0.3 is 15.2 Å². The molecule has 0 saturated carbocycles. The number of amidine groups is 1. The molecule has 2 aromatic rings. The van der Waals surface area contributed by atoms with Gasteiger partial charge in [-0.25, -0.2) is 9.38 Å². The minimum Gasteiger partial charge on any atom is -0.490 e. The Hall–Kier alpha value is -3.07. The summed E-state index contributed by atoms with van der Waals surface area (Å²) < 4.78 is 24.5. The Bertz CT molecular complexity index is 997. The second kappa shape index (κ2) is 11.0. The van der Waals surface area contributed by atoms with E-state index in [1.165, 1.54) is 24.3 Å². The number of thioether (sulfide) groups is 1. The van der Waals surface area contributed by atoms with Crippen molar-refractivity contribution in [3.05, 3.63) is 53.8 Å². The molecular formula is C23H26FN3O4S. The molecule has 0 spiro atoms. The zero-order valence-electron chi connectivity index (χ0n) is 18.0. The number of benzene rings is 2. The monoisotopic (exact) mass is 459 g/mol. The van der Waals surface area contributed by atoms with E-state index in [9.17, 15) is 14.0 Å². The van der Waals surface area contributed by atoms with Crippen LogP contribution in [0.4, 0.5) is 10.1 Å². The van der Waals surface area contributed by atoms with E-state index in [1.54, 1.807) is 4.90 Å². The Labute approximate surface area is 190 Å². The number of carbonyl (C=O) groups is 2. The summed E-state index contributed by atoms with van der Waals surface area (Å²) in [7, 11) is 0. The van der Waals surface area contributed by atoms with Crippen LogP contribution in [-0.2, 0) is 16.0 Å². The molecule has 1 aliphatic heterocycles. The van der Waals surface area contributed by atoms with Crippen molar-refractivity contribution in [2.24, 2.45) is 10.7 Å². The lowest BCUT2D eigenvalue weighted by atomic mass is 10.1. The molecule has 2 N–H and O–H groups in total. The summed E-state index contributed by atoms with van der Waals surface area (Å²) in [6, 6.07) is 11.3. The maximum absolute atomic E-state index is 13.2. The SMILES string of the molecule is CCOc1ccc(CCN2C(=O)C[C@H](C(N)=O)SC2=Nc2ccc(F)cc2)cc1OCC. The van der Waals surface area contributed by atoms with Crippen molar-refractivity contribution in [2.75, 3.05) is 19.8 Å². The number of nitrogens with zero attached hydrogens (tertiary/aromatic N) is 2. The third kappa shape index (κ3) is 6.00. The number of ether oxygens (including phenoxy) is 2. The van der Waals surface area contributed by atoms with Gasteiger partial charge in [0.25, 0.3) is 0 Å². The summed E-state index contributed by atoms with van der Waals surface area (Å²) in [4.78, 5) is 30.6. The average molecular weight is 460 g/mol. The average Bonchev–Trinajstić information content (AvgIpc) is 2.76. The first kappa shape index (κ1) is 23.6. The molecule has 0 bridgehead atoms. The molecule has 0 aliphatic carbocycles. The second-order valence-corrected chi connectivity index (χ2v) is 8.20. The molecule has 9 heteroatoms. The molecule has 1 aliphatic rings. The number of halogens is 1. The van der Waals surface area contributed by atoms with Crippen LogP contribution in [0.2, 0.25) is 0 Å². The first-order valence-corrected chi connectivity index (χ1v) is 11.3. The molecule has 1 fully saturated rings. The quantitative estimate of drug-likeness (QED) is 0.617. The molecule has 1 heterocycles. The summed E-state index contributed by atoms with van der Waals surface area (Å²) in [5.41, 5.74) is 6.89. The molecule has 3 rings (SSSR count). The molecule has 1 atom stereocenters. The van der Waals surface area contributed by atoms with E-state index >= 15 is 0 Å². The van der Waals surface area contributed by atoms with E-state index in [0.29, 0.717) is 48.5 Å². The smallest absolute Gasteiger partial charge is 0.231 e. The fourth-order valence-electron chi connectivity index (χ4n) is 3.19. The van der Waals surface area contributed by atoms with E-state index in [1.807, 2.05) is 32.0 Å². The first-order chi connectivity index (χ1) is 15.4. The molecule has 32 heavy (non-hydrogen) atoms. The van der Waals surface area contributed by atoms with Crippen molar-refractivity contribution in [1.29, 1.82) is 0 Å². The Morgan fingerprint density at radius 1 is 1.16 bits per heavy atom. The van der Waals surface area contributed by atoms with E-state index < -0.39 is 11.2 Å². The zero-order valence-corrected chi connectivity index (χ0v) is 18.9. The van der Waals surface area contributed by atoms with Crippen molar-refractivity contribution in [2.45, 2.75) is 31.9 Å². The number of hydrogen-bond acceptors (Lipinski definition) is 6. The predicted molar refractivity (Wildman–Crippen MR) is 123 cm³/mol. The number of carbonyl (C=O) groups excluding carboxylic acids is 2. The van der Waals surface area contributed by atoms with Crippen LogP contribution < -0.4 is 15.2 Å². The second-order valence-electron chi connectivity index (χ2n) is 7.03. The Balaban J connectivity index is 1.82. The van der Waals surface area contributed by atoms with Gasteiger partial charge in [-0.3, -0.25) is 14.5 Å². The van der Waals surface area contributed by atoms with Crippen LogP contribution in [0, 0.1) is 5.82 Å². The highest BCUT2D eigenvalue weighted by Crippen LogP contribution is 2.31. The Kier molecular flexibility index (Phi) is 8.10. The van der Waals surface area contributed by atoms with E-state index in [-0.39, 0.29) is 18.1 Å². The van der Waals surface area contributed by atoms with Gasteiger partial charge in [0.2, 0.25) is 11.8 Å². The van der Waals surface area contributed by atoms with Crippen LogP contribution in [-0.4, -0.2) is 46.9 Å². The van der Waals surface area contributed by atoms with E-state index in [2.05, 4.69) is 4.99 Å². The molecule has 7 nitrogen and oxygen atoms in total. The molecular weight excluding hydrogens is 433 g/mol. The van der Waals surface area contributed by atoms with Crippen LogP contribution in [0.5, 0.6) is 11.5 Å². The lowest BCUT2D eigenvalue weighted by molar-refractivity contribution is -0.129. The van der Waals surface area contributed by atoms with Gasteiger partial charge in [0.05, 0.1) is 24.2 Å². The number of primary amides is 1. The zero-order chi connectivity index (χ0) is 23.1. The van der Waals surface area contributed by atoms with Crippen LogP contribution in [0.1, 0.15) is 25.8 Å². The normalized spacial score (nSPS) is 17.5. The highest BCUT2D eigenvalue weighted by atomic mass is 32.2. The number of amides is 2. The van der Waals surface area contributed by atoms with Crippen molar-refractivity contribution in [3.8, 4) is 11.5 Å². The van der Waals surface area contributed by atoms with Crippen LogP contribution in [0.3, 0.4) is 0 Å². The predicted octanol–water partition coefficient (Wildman–Crippen LogP) is 3.67. The molecule has 0 radical (unpaired) electrons. The Morgan fingerprint density at radius 3 is 2.50 bits per heavy atom. The Morgan fingerprint density at radius 2 is 1.84 bits per heavy atom. The summed E-state index contributed by atoms with van der Waals surface area (Å²) in [5, 5.41) is -0.319. The minimum absolute atomic E-state index is 0.00983. The van der Waals surface area contributed by atoms with E-state index in [4.69, 9.17) is 15.2 Å². The summed E-state index contributed by atoms with van der Waals surface area (Å²) in [5.74, 6) is 0.145. The lowest BCUT2D eigenvalue weighted by Crippen LogP contribution is -2.46. The van der Waals surface area contributed by atoms with Gasteiger partial charge in [0.1, 0.15) is 5.82 Å². The topological polar surface area (TPSA) is 94.2 Å². The first-order valence-electron chi connectivity index (χ1n) is 10.4. The van der Waals surface area contributed by atoms with Gasteiger partial charge in [-0.1, -0.05) is 17.8 Å². The summed E-state index contributed by atoms with van der Waals surface area (Å²) >= 11 is 1.15. The molecule has 0 aromatic heterocycles. The minimum atomic E-state index is -0.687. The number of rotatable bonds is 9. The highest BCUT2D eigenvalue weighted by Gasteiger charge is 2.34. The largest absolute Gasteiger partial charge is 0.490 e. The van der Waals surface area contributed by atoms with Gasteiger partial charge in [0.15, 0.2) is 16.7 Å². The maximum atomic E-state index is 13.2. The third-order valence-corrected chi connectivity index (χ3v) is 5.95. The fourth-order valence-corrected chi connectivity index (χ4v) is 4.27. The fraction of sp³-hybridized carbons (Fsp3) is 0.348. The molecule has 2 amide bonds. The summed E-state index contributed by atoms with van der Waals surface area (Å²) in [6.07, 6.45) is 0.554. The number of hydrogen-bond donors (Lipinski definition) is 1. The van der Waals surface area contributed by atoms with Gasteiger partial charge in [-0.15, -0.1) is 0 Å². The van der Waals surface area contributed by atoms with Gasteiger partial charge >= 0.3 is 0 Å². The third-order valence-electron chi connectivity index (χ3n) is 4.74. The van der Waals surface area contributed by atoms with Gasteiger partial charge in [0, 0.05) is 13.0 Å². The molecule has 0 unspecified atom stereocenters. The highest BCUT2D eigenvalue weighted by molar-refractivity contribution is 8.15. The van der Waals surface area contributed by atoms with Crippen LogP contribution in [0.15, 0.2) is 47.5 Å². The van der Waals surface area contributed by atoms with E-state index in [0.717, 1.165) is 17.3 Å². The molecule has 1 saturated heterocycles. The number of aliphatic imine (C=N–C) groups is 1. The van der Waals surface area contributed by atoms with Crippen molar-refractivity contribution < 1.29 is 23.5 Å². The molecule has 170 valence electrons. The standard InChI is InChI=1S/C23H26FN3O4S/c1-3-30-18-10-5-15(13-19(18)31-4-2)11-12-27-21(28)14-20(22(25)29)32-23(27)26-17-8-6-16(24)7-9-17/h5-10,13,20H,3-4,11-12,14H2,1-2H3,(H2,25,29)/t20-/m1/s1. The van der Waals surface area contributed by atoms with Crippen molar-refractivity contribution in [3.63, 3.8) is 0 Å². The lowest BCUT2D eigenvalue weighted by Gasteiger charge is -2.31. The van der Waals surface area contributed by atoms with Crippen LogP contribution >= 0.6 is 11.8 Å². The number of nitrogens with two attached hydrogens (primary N) is 1. The van der Waals surface area contributed by atoms with Crippen LogP contribution in [0.25, 0.3) is 0 Å². The van der Waals surface area contributed by atoms with Gasteiger partial charge in [-0.2, -0.15) is 0 Å². The maximum Gasteiger partial charge on any atom is 0.231 e. The molecule has 2 aromatic carbocycles. The van der Waals surface area contributed by atoms with Crippen molar-refractivity contribution in [1.82, 2.24) is 4.90 Å².